The van der Waals surface area contributed by atoms with Gasteiger partial charge in [0.15, 0.2) is 21.3 Å². The summed E-state index contributed by atoms with van der Waals surface area (Å²) in [6.07, 6.45) is 0.228. The van der Waals surface area contributed by atoms with E-state index < -0.39 is 9.84 Å². The van der Waals surface area contributed by atoms with Gasteiger partial charge in [0.1, 0.15) is 6.10 Å². The van der Waals surface area contributed by atoms with E-state index in [1.165, 1.54) is 0 Å². The van der Waals surface area contributed by atoms with Gasteiger partial charge < -0.3 is 9.47 Å². The van der Waals surface area contributed by atoms with Crippen molar-refractivity contribution in [2.24, 2.45) is 0 Å². The molecule has 0 N–H and O–H groups in total. The largest absolute Gasteiger partial charge is 0.490 e. The molecule has 0 aromatic heterocycles. The Morgan fingerprint density at radius 1 is 1.40 bits per heavy atom. The van der Waals surface area contributed by atoms with Gasteiger partial charge in [0, 0.05) is 5.33 Å². The third-order valence-electron chi connectivity index (χ3n) is 3.00. The number of hydrogen-bond acceptors (Lipinski definition) is 4. The average molecular weight is 428 g/mol. The van der Waals surface area contributed by atoms with Crippen LogP contribution < -0.4 is 9.47 Å². The zero-order valence-corrected chi connectivity index (χ0v) is 15.1. The predicted molar refractivity (Wildman–Crippen MR) is 85.6 cm³/mol. The number of sulfone groups is 1. The molecule has 1 atom stereocenters. The van der Waals surface area contributed by atoms with Crippen LogP contribution in [0.4, 0.5) is 0 Å². The summed E-state index contributed by atoms with van der Waals surface area (Å²) in [5.41, 5.74) is 1.06. The molecule has 1 saturated heterocycles. The van der Waals surface area contributed by atoms with Gasteiger partial charge in [-0.2, -0.15) is 0 Å². The zero-order valence-electron chi connectivity index (χ0n) is 11.1. The highest BCUT2D eigenvalue weighted by molar-refractivity contribution is 9.10. The van der Waals surface area contributed by atoms with Gasteiger partial charge in [0.25, 0.3) is 0 Å². The Labute approximate surface area is 136 Å². The van der Waals surface area contributed by atoms with Crippen molar-refractivity contribution < 1.29 is 17.9 Å². The summed E-state index contributed by atoms with van der Waals surface area (Å²) in [7, 11) is -2.95. The van der Waals surface area contributed by atoms with Crippen LogP contribution >= 0.6 is 31.9 Å². The van der Waals surface area contributed by atoms with E-state index in [1.54, 1.807) is 0 Å². The fourth-order valence-electron chi connectivity index (χ4n) is 2.10. The van der Waals surface area contributed by atoms with Crippen LogP contribution in [0.5, 0.6) is 11.5 Å². The van der Waals surface area contributed by atoms with E-state index >= 15 is 0 Å². The quantitative estimate of drug-likeness (QED) is 0.676. The van der Waals surface area contributed by atoms with E-state index in [1.807, 2.05) is 19.1 Å². The van der Waals surface area contributed by atoms with Gasteiger partial charge in [0.05, 0.1) is 22.6 Å². The Kier molecular flexibility index (Phi) is 5.36. The van der Waals surface area contributed by atoms with Gasteiger partial charge in [-0.3, -0.25) is 0 Å². The van der Waals surface area contributed by atoms with Crippen molar-refractivity contribution in [2.45, 2.75) is 24.8 Å². The molecule has 1 fully saturated rings. The summed E-state index contributed by atoms with van der Waals surface area (Å²) in [5.74, 6) is 1.49. The van der Waals surface area contributed by atoms with Crippen molar-refractivity contribution in [2.75, 3.05) is 18.1 Å². The molecular formula is C13H16Br2O4S. The highest BCUT2D eigenvalue weighted by atomic mass is 79.9. The molecule has 1 heterocycles. The second-order valence-corrected chi connectivity index (χ2v) is 8.26. The Morgan fingerprint density at radius 2 is 2.15 bits per heavy atom. The van der Waals surface area contributed by atoms with Gasteiger partial charge in [-0.05, 0) is 47.0 Å². The molecule has 112 valence electrons. The van der Waals surface area contributed by atoms with E-state index in [0.717, 1.165) is 10.0 Å². The zero-order chi connectivity index (χ0) is 14.8. The third-order valence-corrected chi connectivity index (χ3v) is 5.97. The second kappa shape index (κ2) is 6.66. The SMILES string of the molecule is CCOc1cc(CBr)cc(Br)c1OC1CCS(=O)(=O)C1. The molecule has 0 bridgehead atoms. The first-order valence-corrected chi connectivity index (χ1v) is 10.1. The standard InChI is InChI=1S/C13H16Br2O4S/c1-2-18-12-6-9(7-14)5-11(15)13(12)19-10-3-4-20(16,17)8-10/h5-6,10H,2-4,7-8H2,1H3. The molecule has 1 aliphatic rings. The molecule has 0 aliphatic carbocycles. The number of halogens is 2. The fraction of sp³-hybridized carbons (Fsp3) is 0.538. The summed E-state index contributed by atoms with van der Waals surface area (Å²) in [6.45, 7) is 2.43. The summed E-state index contributed by atoms with van der Waals surface area (Å²) in [4.78, 5) is 0. The molecule has 4 nitrogen and oxygen atoms in total. The minimum absolute atomic E-state index is 0.0746. The molecule has 0 amide bonds. The molecule has 1 aliphatic heterocycles. The van der Waals surface area contributed by atoms with E-state index in [4.69, 9.17) is 9.47 Å². The average Bonchev–Trinajstić information content (AvgIpc) is 2.73. The number of rotatable bonds is 5. The van der Waals surface area contributed by atoms with Gasteiger partial charge in [-0.25, -0.2) is 8.42 Å². The first kappa shape index (κ1) is 16.1. The summed E-state index contributed by atoms with van der Waals surface area (Å²) < 4.78 is 35.2. The lowest BCUT2D eigenvalue weighted by Gasteiger charge is -2.18. The first-order chi connectivity index (χ1) is 9.45. The monoisotopic (exact) mass is 426 g/mol. The van der Waals surface area contributed by atoms with E-state index in [9.17, 15) is 8.42 Å². The number of alkyl halides is 1. The molecule has 0 spiro atoms. The highest BCUT2D eigenvalue weighted by Gasteiger charge is 2.30. The first-order valence-electron chi connectivity index (χ1n) is 6.33. The van der Waals surface area contributed by atoms with Crippen LogP contribution in [0.15, 0.2) is 16.6 Å². The maximum absolute atomic E-state index is 11.5. The van der Waals surface area contributed by atoms with Crippen molar-refractivity contribution >= 4 is 41.7 Å². The van der Waals surface area contributed by atoms with Gasteiger partial charge in [0.2, 0.25) is 0 Å². The summed E-state index contributed by atoms with van der Waals surface area (Å²) >= 11 is 6.88. The van der Waals surface area contributed by atoms with Crippen LogP contribution in [0.3, 0.4) is 0 Å². The van der Waals surface area contributed by atoms with Crippen LogP contribution in [0.2, 0.25) is 0 Å². The molecule has 0 radical (unpaired) electrons. The maximum atomic E-state index is 11.5. The molecule has 1 aromatic rings. The van der Waals surface area contributed by atoms with Gasteiger partial charge >= 0.3 is 0 Å². The van der Waals surface area contributed by atoms with Crippen molar-refractivity contribution in [1.82, 2.24) is 0 Å². The molecule has 1 aromatic carbocycles. The number of hydrogen-bond donors (Lipinski definition) is 0. The van der Waals surface area contributed by atoms with E-state index in [0.29, 0.717) is 29.9 Å². The molecular weight excluding hydrogens is 412 g/mol. The van der Waals surface area contributed by atoms with Crippen molar-refractivity contribution in [3.8, 4) is 11.5 Å². The Bertz CT molecular complexity index is 586. The van der Waals surface area contributed by atoms with Crippen LogP contribution in [0, 0.1) is 0 Å². The lowest BCUT2D eigenvalue weighted by molar-refractivity contribution is 0.211. The molecule has 2 rings (SSSR count). The normalized spacial score (nSPS) is 20.9. The second-order valence-electron chi connectivity index (χ2n) is 4.61. The van der Waals surface area contributed by atoms with Gasteiger partial charge in [-0.1, -0.05) is 15.9 Å². The van der Waals surface area contributed by atoms with Crippen molar-refractivity contribution in [1.29, 1.82) is 0 Å². The minimum atomic E-state index is -2.95. The van der Waals surface area contributed by atoms with Gasteiger partial charge in [-0.15, -0.1) is 0 Å². The Balaban J connectivity index is 2.26. The molecule has 20 heavy (non-hydrogen) atoms. The molecule has 0 saturated carbocycles. The lowest BCUT2D eigenvalue weighted by Crippen LogP contribution is -2.18. The Morgan fingerprint density at radius 3 is 2.70 bits per heavy atom. The predicted octanol–water partition coefficient (Wildman–Crippen LogP) is 3.31. The third kappa shape index (κ3) is 3.89. The highest BCUT2D eigenvalue weighted by Crippen LogP contribution is 2.39. The maximum Gasteiger partial charge on any atom is 0.175 e. The smallest absolute Gasteiger partial charge is 0.175 e. The van der Waals surface area contributed by atoms with Crippen molar-refractivity contribution in [3.05, 3.63) is 22.2 Å². The van der Waals surface area contributed by atoms with Crippen LogP contribution in [0.1, 0.15) is 18.9 Å². The number of benzene rings is 1. The van der Waals surface area contributed by atoms with Crippen molar-refractivity contribution in [3.63, 3.8) is 0 Å². The van der Waals surface area contributed by atoms with Crippen LogP contribution in [0.25, 0.3) is 0 Å². The van der Waals surface area contributed by atoms with E-state index in [-0.39, 0.29) is 17.6 Å². The molecule has 7 heteroatoms. The Hall–Kier alpha value is -0.270. The molecule has 1 unspecified atom stereocenters. The van der Waals surface area contributed by atoms with Crippen LogP contribution in [-0.4, -0.2) is 32.6 Å². The fourth-order valence-corrected chi connectivity index (χ4v) is 4.59. The van der Waals surface area contributed by atoms with Crippen LogP contribution in [-0.2, 0) is 15.2 Å². The number of ether oxygens (including phenoxy) is 2. The lowest BCUT2D eigenvalue weighted by atomic mass is 10.2. The topological polar surface area (TPSA) is 52.6 Å². The summed E-state index contributed by atoms with van der Waals surface area (Å²) in [6, 6.07) is 3.85. The summed E-state index contributed by atoms with van der Waals surface area (Å²) in [5, 5.41) is 0.712. The minimum Gasteiger partial charge on any atom is -0.490 e. The van der Waals surface area contributed by atoms with E-state index in [2.05, 4.69) is 31.9 Å².